The van der Waals surface area contributed by atoms with E-state index in [9.17, 15) is 9.59 Å². The average molecular weight is 440 g/mol. The molecule has 0 unspecified atom stereocenters. The van der Waals surface area contributed by atoms with E-state index < -0.39 is 5.91 Å². The lowest BCUT2D eigenvalue weighted by atomic mass is 10.1. The molecular formula is C21H22ClN7O2. The van der Waals surface area contributed by atoms with Crippen molar-refractivity contribution in [1.82, 2.24) is 9.97 Å². The third-order valence-corrected chi connectivity index (χ3v) is 4.34. The minimum atomic E-state index is -0.684. The highest BCUT2D eigenvalue weighted by atomic mass is 35.5. The molecule has 1 atom stereocenters. The maximum absolute atomic E-state index is 12.6. The number of halogens is 1. The van der Waals surface area contributed by atoms with E-state index in [1.807, 2.05) is 6.92 Å². The fraction of sp³-hybridized carbons (Fsp3) is 0.143. The number of carbonyl (C=O) groups is 2. The fourth-order valence-corrected chi connectivity index (χ4v) is 2.83. The van der Waals surface area contributed by atoms with E-state index in [1.165, 1.54) is 6.20 Å². The first-order valence-corrected chi connectivity index (χ1v) is 9.80. The first-order valence-electron chi connectivity index (χ1n) is 9.42. The molecule has 0 aliphatic carbocycles. The van der Waals surface area contributed by atoms with Crippen molar-refractivity contribution >= 4 is 46.6 Å². The molecule has 0 saturated heterocycles. The molecule has 0 spiro atoms. The minimum Gasteiger partial charge on any atom is -0.365 e. The van der Waals surface area contributed by atoms with Crippen LogP contribution in [0.3, 0.4) is 0 Å². The molecule has 0 fully saturated rings. The highest BCUT2D eigenvalue weighted by Gasteiger charge is 2.14. The first-order chi connectivity index (χ1) is 14.8. The molecule has 3 aromatic rings. The van der Waals surface area contributed by atoms with Crippen LogP contribution in [0.15, 0.2) is 54.7 Å². The molecule has 9 nitrogen and oxygen atoms in total. The van der Waals surface area contributed by atoms with Crippen molar-refractivity contribution < 1.29 is 9.59 Å². The number of aromatic nitrogens is 2. The van der Waals surface area contributed by atoms with Crippen LogP contribution in [0.5, 0.6) is 0 Å². The van der Waals surface area contributed by atoms with Crippen molar-refractivity contribution in [3.8, 4) is 0 Å². The van der Waals surface area contributed by atoms with Gasteiger partial charge in [0.25, 0.3) is 11.8 Å². The normalized spacial score (nSPS) is 11.5. The zero-order valence-corrected chi connectivity index (χ0v) is 17.5. The Balaban J connectivity index is 1.81. The van der Waals surface area contributed by atoms with E-state index >= 15 is 0 Å². The third kappa shape index (κ3) is 6.14. The predicted molar refractivity (Wildman–Crippen MR) is 122 cm³/mol. The molecule has 0 aliphatic heterocycles. The Labute approximate surface area is 184 Å². The van der Waals surface area contributed by atoms with Crippen LogP contribution in [0, 0.1) is 0 Å². The second-order valence-electron chi connectivity index (χ2n) is 6.85. The molecule has 1 heterocycles. The summed E-state index contributed by atoms with van der Waals surface area (Å²) in [6.07, 6.45) is 1.33. The lowest BCUT2D eigenvalue weighted by molar-refractivity contribution is 0.0997. The summed E-state index contributed by atoms with van der Waals surface area (Å²) in [6.45, 7) is 2.29. The Kier molecular flexibility index (Phi) is 7.01. The lowest BCUT2D eigenvalue weighted by Gasteiger charge is -2.13. The van der Waals surface area contributed by atoms with Crippen LogP contribution in [0.4, 0.5) is 23.1 Å². The van der Waals surface area contributed by atoms with Gasteiger partial charge in [0, 0.05) is 40.7 Å². The molecule has 0 aliphatic rings. The van der Waals surface area contributed by atoms with Crippen LogP contribution in [-0.4, -0.2) is 34.4 Å². The third-order valence-electron chi connectivity index (χ3n) is 4.11. The van der Waals surface area contributed by atoms with E-state index in [4.69, 9.17) is 23.1 Å². The second kappa shape index (κ2) is 9.88. The van der Waals surface area contributed by atoms with Crippen molar-refractivity contribution in [1.29, 1.82) is 0 Å². The Morgan fingerprint density at radius 3 is 2.58 bits per heavy atom. The van der Waals surface area contributed by atoms with Crippen molar-refractivity contribution in [2.45, 2.75) is 13.0 Å². The number of hydrogen-bond donors (Lipinski definition) is 5. The van der Waals surface area contributed by atoms with Gasteiger partial charge in [0.2, 0.25) is 5.95 Å². The quantitative estimate of drug-likeness (QED) is 0.362. The van der Waals surface area contributed by atoms with Gasteiger partial charge in [-0.3, -0.25) is 9.59 Å². The summed E-state index contributed by atoms with van der Waals surface area (Å²) in [4.78, 5) is 32.8. The number of nitrogens with one attached hydrogen (secondary N) is 3. The topological polar surface area (TPSA) is 148 Å². The second-order valence-corrected chi connectivity index (χ2v) is 7.29. The van der Waals surface area contributed by atoms with Gasteiger partial charge in [-0.25, -0.2) is 4.98 Å². The van der Waals surface area contributed by atoms with E-state index in [-0.39, 0.29) is 23.3 Å². The van der Waals surface area contributed by atoms with Gasteiger partial charge in [-0.05, 0) is 43.3 Å². The van der Waals surface area contributed by atoms with Crippen LogP contribution in [0.2, 0.25) is 5.02 Å². The molecule has 160 valence electrons. The average Bonchev–Trinajstić information content (AvgIpc) is 2.72. The van der Waals surface area contributed by atoms with E-state index in [0.717, 1.165) is 0 Å². The molecule has 10 heteroatoms. The smallest absolute Gasteiger partial charge is 0.255 e. The summed E-state index contributed by atoms with van der Waals surface area (Å²) in [5.41, 5.74) is 12.8. The number of nitrogens with zero attached hydrogens (tertiary/aromatic N) is 2. The van der Waals surface area contributed by atoms with Crippen LogP contribution in [0.1, 0.15) is 27.6 Å². The first kappa shape index (κ1) is 22.0. The Morgan fingerprint density at radius 2 is 1.87 bits per heavy atom. The molecule has 3 rings (SSSR count). The minimum absolute atomic E-state index is 0.106. The van der Waals surface area contributed by atoms with E-state index in [2.05, 4.69) is 25.9 Å². The van der Waals surface area contributed by atoms with Gasteiger partial charge in [0.15, 0.2) is 0 Å². The molecule has 0 saturated carbocycles. The van der Waals surface area contributed by atoms with Gasteiger partial charge >= 0.3 is 0 Å². The molecule has 0 bridgehead atoms. The van der Waals surface area contributed by atoms with E-state index in [1.54, 1.807) is 48.5 Å². The van der Waals surface area contributed by atoms with Gasteiger partial charge in [-0.2, -0.15) is 4.98 Å². The van der Waals surface area contributed by atoms with Crippen molar-refractivity contribution in [2.75, 3.05) is 22.5 Å². The van der Waals surface area contributed by atoms with E-state index in [0.29, 0.717) is 34.5 Å². The van der Waals surface area contributed by atoms with Gasteiger partial charge < -0.3 is 27.4 Å². The summed E-state index contributed by atoms with van der Waals surface area (Å²) in [6, 6.07) is 13.5. The standard InChI is InChI=1S/C21H22ClN7O2/c1-12(23)10-25-21-26-11-17(18(24)30)19(29-21)27-15-6-2-4-13(8-15)20(31)28-16-7-3-5-14(22)9-16/h2-9,11-12H,10,23H2,1H3,(H2,24,30)(H,28,31)(H2,25,26,27,29)/t12-/m0/s1. The van der Waals surface area contributed by atoms with Crippen molar-refractivity contribution in [3.05, 3.63) is 70.9 Å². The Bertz CT molecular complexity index is 1100. The number of carbonyl (C=O) groups excluding carboxylic acids is 2. The van der Waals surface area contributed by atoms with Crippen LogP contribution >= 0.6 is 11.6 Å². The number of rotatable bonds is 8. The SMILES string of the molecule is C[C@H](N)CNc1ncc(C(N)=O)c(Nc2cccc(C(=O)Nc3cccc(Cl)c3)c2)n1. The molecule has 1 aromatic heterocycles. The Hall–Kier alpha value is -3.69. The number of primary amides is 1. The number of anilines is 4. The molecule has 31 heavy (non-hydrogen) atoms. The summed E-state index contributed by atoms with van der Waals surface area (Å²) in [5.74, 6) is -0.499. The summed E-state index contributed by atoms with van der Waals surface area (Å²) < 4.78 is 0. The maximum atomic E-state index is 12.6. The molecule has 2 aromatic carbocycles. The summed E-state index contributed by atoms with van der Waals surface area (Å²) in [7, 11) is 0. The maximum Gasteiger partial charge on any atom is 0.255 e. The predicted octanol–water partition coefficient (Wildman–Crippen LogP) is 2.98. The number of benzene rings is 2. The summed E-state index contributed by atoms with van der Waals surface area (Å²) in [5, 5.41) is 9.31. The van der Waals surface area contributed by atoms with Crippen LogP contribution < -0.4 is 27.4 Å². The summed E-state index contributed by atoms with van der Waals surface area (Å²) >= 11 is 5.96. The highest BCUT2D eigenvalue weighted by molar-refractivity contribution is 6.31. The van der Waals surface area contributed by atoms with Gasteiger partial charge in [0.05, 0.1) is 0 Å². The molecule has 0 radical (unpaired) electrons. The van der Waals surface area contributed by atoms with Crippen molar-refractivity contribution in [2.24, 2.45) is 11.5 Å². The van der Waals surface area contributed by atoms with Crippen molar-refractivity contribution in [3.63, 3.8) is 0 Å². The fourth-order valence-electron chi connectivity index (χ4n) is 2.64. The number of amides is 2. The van der Waals surface area contributed by atoms with Gasteiger partial charge in [-0.15, -0.1) is 0 Å². The van der Waals surface area contributed by atoms with Crippen LogP contribution in [0.25, 0.3) is 0 Å². The number of nitrogens with two attached hydrogens (primary N) is 2. The lowest BCUT2D eigenvalue weighted by Crippen LogP contribution is -2.26. The Morgan fingerprint density at radius 1 is 1.13 bits per heavy atom. The monoisotopic (exact) mass is 439 g/mol. The molecular weight excluding hydrogens is 418 g/mol. The zero-order chi connectivity index (χ0) is 22.4. The van der Waals surface area contributed by atoms with Crippen LogP contribution in [-0.2, 0) is 0 Å². The van der Waals surface area contributed by atoms with Gasteiger partial charge in [0.1, 0.15) is 11.4 Å². The zero-order valence-electron chi connectivity index (χ0n) is 16.7. The van der Waals surface area contributed by atoms with Gasteiger partial charge in [-0.1, -0.05) is 23.7 Å². The molecule has 7 N–H and O–H groups in total. The highest BCUT2D eigenvalue weighted by Crippen LogP contribution is 2.22. The molecule has 2 amide bonds. The largest absolute Gasteiger partial charge is 0.365 e. The number of hydrogen-bond acceptors (Lipinski definition) is 7.